The van der Waals surface area contributed by atoms with E-state index in [0.717, 1.165) is 0 Å². The van der Waals surface area contributed by atoms with Crippen LogP contribution >= 0.6 is 0 Å². The fourth-order valence-electron chi connectivity index (χ4n) is 2.07. The summed E-state index contributed by atoms with van der Waals surface area (Å²) in [6.45, 7) is 6.39. The number of benzene rings is 2. The zero-order chi connectivity index (χ0) is 12.3. The van der Waals surface area contributed by atoms with E-state index < -0.39 is 0 Å². The third-order valence-electron chi connectivity index (χ3n) is 2.75. The fourth-order valence-corrected chi connectivity index (χ4v) is 2.07. The molecular weight excluding hydrogens is 204 g/mol. The molecular formula is C17H18. The quantitative estimate of drug-likeness (QED) is 0.641. The van der Waals surface area contributed by atoms with Crippen LogP contribution in [0.5, 0.6) is 0 Å². The van der Waals surface area contributed by atoms with Crippen LogP contribution in [0.3, 0.4) is 0 Å². The lowest BCUT2D eigenvalue weighted by molar-refractivity contribution is 1.37. The van der Waals surface area contributed by atoms with E-state index in [1.165, 1.54) is 27.8 Å². The van der Waals surface area contributed by atoms with E-state index in [0.29, 0.717) is 0 Å². The van der Waals surface area contributed by atoms with Gasteiger partial charge in [0.25, 0.3) is 0 Å². The van der Waals surface area contributed by atoms with Crippen molar-refractivity contribution in [3.8, 4) is 0 Å². The van der Waals surface area contributed by atoms with Crippen LogP contribution in [0.2, 0.25) is 0 Å². The van der Waals surface area contributed by atoms with Crippen LogP contribution < -0.4 is 0 Å². The highest BCUT2D eigenvalue weighted by atomic mass is 14.0. The Balaban J connectivity index is 2.25. The second kappa shape index (κ2) is 5.01. The molecule has 0 unspecified atom stereocenters. The van der Waals surface area contributed by atoms with Gasteiger partial charge in [-0.2, -0.15) is 0 Å². The van der Waals surface area contributed by atoms with Gasteiger partial charge in [0.2, 0.25) is 0 Å². The summed E-state index contributed by atoms with van der Waals surface area (Å²) in [6.07, 6.45) is 4.34. The predicted molar refractivity (Wildman–Crippen MR) is 76.0 cm³/mol. The van der Waals surface area contributed by atoms with Crippen molar-refractivity contribution in [2.24, 2.45) is 0 Å². The van der Waals surface area contributed by atoms with Crippen LogP contribution in [-0.4, -0.2) is 0 Å². The molecule has 0 saturated carbocycles. The van der Waals surface area contributed by atoms with Crippen molar-refractivity contribution in [2.45, 2.75) is 20.8 Å². The summed E-state index contributed by atoms with van der Waals surface area (Å²) in [4.78, 5) is 0. The van der Waals surface area contributed by atoms with Crippen molar-refractivity contribution >= 4 is 12.2 Å². The molecule has 0 atom stereocenters. The van der Waals surface area contributed by atoms with Crippen LogP contribution in [0.4, 0.5) is 0 Å². The first-order chi connectivity index (χ1) is 8.13. The van der Waals surface area contributed by atoms with Gasteiger partial charge in [-0.05, 0) is 31.9 Å². The molecule has 0 aliphatic carbocycles. The topological polar surface area (TPSA) is 0 Å². The lowest BCUT2D eigenvalue weighted by atomic mass is 10.1. The molecule has 0 heterocycles. The minimum absolute atomic E-state index is 1.25. The smallest absolute Gasteiger partial charge is 0.0251 e. The Hall–Kier alpha value is -1.82. The molecule has 0 bridgehead atoms. The van der Waals surface area contributed by atoms with Crippen molar-refractivity contribution in [1.29, 1.82) is 0 Å². The molecule has 0 aromatic heterocycles. The minimum atomic E-state index is 1.25. The maximum atomic E-state index is 2.21. The molecule has 0 spiro atoms. The first kappa shape index (κ1) is 11.7. The molecule has 17 heavy (non-hydrogen) atoms. The van der Waals surface area contributed by atoms with E-state index >= 15 is 0 Å². The summed E-state index contributed by atoms with van der Waals surface area (Å²) in [7, 11) is 0. The summed E-state index contributed by atoms with van der Waals surface area (Å²) >= 11 is 0. The summed E-state index contributed by atoms with van der Waals surface area (Å²) in [5.74, 6) is 0. The summed E-state index contributed by atoms with van der Waals surface area (Å²) in [6, 6.07) is 15.2. The van der Waals surface area contributed by atoms with E-state index in [1.807, 2.05) is 0 Å². The Bertz CT molecular complexity index is 527. The zero-order valence-electron chi connectivity index (χ0n) is 10.7. The van der Waals surface area contributed by atoms with E-state index in [1.54, 1.807) is 0 Å². The summed E-state index contributed by atoms with van der Waals surface area (Å²) in [5, 5.41) is 0. The number of hydrogen-bond donors (Lipinski definition) is 0. The third kappa shape index (κ3) is 3.32. The van der Waals surface area contributed by atoms with Gasteiger partial charge in [0, 0.05) is 0 Å². The highest BCUT2D eigenvalue weighted by molar-refractivity contribution is 5.70. The number of rotatable bonds is 2. The molecule has 2 aromatic rings. The lowest BCUT2D eigenvalue weighted by Gasteiger charge is -2.00. The van der Waals surface area contributed by atoms with Crippen LogP contribution in [0.1, 0.15) is 27.8 Å². The second-order valence-corrected chi connectivity index (χ2v) is 4.67. The average Bonchev–Trinajstić information content (AvgIpc) is 2.25. The maximum Gasteiger partial charge on any atom is -0.0251 e. The fraction of sp³-hybridized carbons (Fsp3) is 0.176. The van der Waals surface area contributed by atoms with Crippen LogP contribution in [0.15, 0.2) is 42.5 Å². The van der Waals surface area contributed by atoms with Crippen molar-refractivity contribution in [3.05, 3.63) is 70.3 Å². The predicted octanol–water partition coefficient (Wildman–Crippen LogP) is 4.78. The zero-order valence-corrected chi connectivity index (χ0v) is 10.7. The molecule has 0 aliphatic heterocycles. The molecule has 2 aromatic carbocycles. The van der Waals surface area contributed by atoms with Crippen LogP contribution in [-0.2, 0) is 0 Å². The first-order valence-corrected chi connectivity index (χ1v) is 5.96. The first-order valence-electron chi connectivity index (χ1n) is 5.96. The van der Waals surface area contributed by atoms with Crippen LogP contribution in [0, 0.1) is 20.8 Å². The number of hydrogen-bond acceptors (Lipinski definition) is 0. The Morgan fingerprint density at radius 1 is 0.647 bits per heavy atom. The Morgan fingerprint density at radius 3 is 1.88 bits per heavy atom. The highest BCUT2D eigenvalue weighted by Crippen LogP contribution is 2.13. The second-order valence-electron chi connectivity index (χ2n) is 4.67. The van der Waals surface area contributed by atoms with Crippen molar-refractivity contribution < 1.29 is 0 Å². The molecule has 0 aliphatic rings. The van der Waals surface area contributed by atoms with Crippen molar-refractivity contribution in [3.63, 3.8) is 0 Å². The van der Waals surface area contributed by atoms with Gasteiger partial charge in [-0.1, -0.05) is 71.3 Å². The lowest BCUT2D eigenvalue weighted by Crippen LogP contribution is -1.80. The normalized spacial score (nSPS) is 11.0. The Labute approximate surface area is 104 Å². The van der Waals surface area contributed by atoms with Gasteiger partial charge < -0.3 is 0 Å². The molecule has 2 rings (SSSR count). The SMILES string of the molecule is Cc1cccc(C=Cc2cc(C)cc(C)c2)c1. The maximum absolute atomic E-state index is 2.21. The molecule has 0 N–H and O–H groups in total. The standard InChI is InChI=1S/C17H18/c1-13-5-4-6-16(10-13)7-8-17-11-14(2)9-15(3)12-17/h4-12H,1-3H3. The molecule has 86 valence electrons. The summed E-state index contributed by atoms with van der Waals surface area (Å²) in [5.41, 5.74) is 6.45. The largest absolute Gasteiger partial charge is 0.0614 e. The average molecular weight is 222 g/mol. The van der Waals surface area contributed by atoms with Gasteiger partial charge in [0.1, 0.15) is 0 Å². The summed E-state index contributed by atoms with van der Waals surface area (Å²) < 4.78 is 0. The van der Waals surface area contributed by atoms with Crippen molar-refractivity contribution in [2.75, 3.05) is 0 Å². The highest BCUT2D eigenvalue weighted by Gasteiger charge is 1.92. The third-order valence-corrected chi connectivity index (χ3v) is 2.75. The number of aryl methyl sites for hydroxylation is 3. The van der Waals surface area contributed by atoms with E-state index in [4.69, 9.17) is 0 Å². The molecule has 0 nitrogen and oxygen atoms in total. The molecule has 0 radical (unpaired) electrons. The monoisotopic (exact) mass is 222 g/mol. The molecule has 0 heteroatoms. The van der Waals surface area contributed by atoms with Crippen LogP contribution in [0.25, 0.3) is 12.2 Å². The van der Waals surface area contributed by atoms with Gasteiger partial charge in [0.15, 0.2) is 0 Å². The van der Waals surface area contributed by atoms with E-state index in [-0.39, 0.29) is 0 Å². The van der Waals surface area contributed by atoms with Gasteiger partial charge in [-0.15, -0.1) is 0 Å². The minimum Gasteiger partial charge on any atom is -0.0614 e. The molecule has 0 fully saturated rings. The van der Waals surface area contributed by atoms with E-state index in [9.17, 15) is 0 Å². The van der Waals surface area contributed by atoms with Crippen molar-refractivity contribution in [1.82, 2.24) is 0 Å². The van der Waals surface area contributed by atoms with Gasteiger partial charge >= 0.3 is 0 Å². The molecule has 0 saturated heterocycles. The Morgan fingerprint density at radius 2 is 1.24 bits per heavy atom. The molecule has 0 amide bonds. The van der Waals surface area contributed by atoms with Gasteiger partial charge in [0.05, 0.1) is 0 Å². The van der Waals surface area contributed by atoms with Gasteiger partial charge in [-0.25, -0.2) is 0 Å². The Kier molecular flexibility index (Phi) is 3.43. The van der Waals surface area contributed by atoms with E-state index in [2.05, 4.69) is 75.4 Å². The van der Waals surface area contributed by atoms with Gasteiger partial charge in [-0.3, -0.25) is 0 Å².